The molecule has 3 aliphatic rings. The van der Waals surface area contributed by atoms with Crippen molar-refractivity contribution in [1.82, 2.24) is 0 Å². The summed E-state index contributed by atoms with van der Waals surface area (Å²) in [7, 11) is 2.41. The van der Waals surface area contributed by atoms with Crippen LogP contribution in [0.15, 0.2) is 0 Å². The van der Waals surface area contributed by atoms with Gasteiger partial charge < -0.3 is 28.4 Å². The van der Waals surface area contributed by atoms with Crippen LogP contribution in [0.5, 0.6) is 0 Å². The highest BCUT2D eigenvalue weighted by molar-refractivity contribution is 6.25. The van der Waals surface area contributed by atoms with Crippen LogP contribution in [-0.2, 0) is 38.0 Å². The van der Waals surface area contributed by atoms with Crippen molar-refractivity contribution in [3.05, 3.63) is 0 Å². The first-order chi connectivity index (χ1) is 10.4. The number of hydrogen-bond acceptors (Lipinski definition) is 8. The van der Waals surface area contributed by atoms with Crippen molar-refractivity contribution in [1.29, 1.82) is 0 Å². The quantitative estimate of drug-likeness (QED) is 0.536. The lowest BCUT2D eigenvalue weighted by Crippen LogP contribution is -2.77. The SMILES string of the molecule is COC(=O)[C@@H]1[C@@]2(C)O[C@@]3(C)O[C@]1(C)O[C@@]3(C(=O)OC)[C@](C)(Cl)O2. The van der Waals surface area contributed by atoms with Gasteiger partial charge in [0.1, 0.15) is 0 Å². The van der Waals surface area contributed by atoms with Gasteiger partial charge in [0, 0.05) is 0 Å². The highest BCUT2D eigenvalue weighted by Crippen LogP contribution is 2.66. The number of fused-ring (bicyclic) bond motifs is 2. The van der Waals surface area contributed by atoms with E-state index in [1.54, 1.807) is 0 Å². The summed E-state index contributed by atoms with van der Waals surface area (Å²) in [5.74, 6) is -7.29. The maximum absolute atomic E-state index is 12.6. The van der Waals surface area contributed by atoms with Crippen molar-refractivity contribution >= 4 is 23.5 Å². The molecule has 0 amide bonds. The number of rotatable bonds is 2. The Balaban J connectivity index is 2.26. The molecular weight excluding hydrogens is 332 g/mol. The first kappa shape index (κ1) is 16.9. The second kappa shape index (κ2) is 4.37. The molecule has 3 bridgehead atoms. The maximum atomic E-state index is 12.6. The summed E-state index contributed by atoms with van der Waals surface area (Å²) < 4.78 is 33.2. The number of methoxy groups -OCH3 is 2. The molecular formula is C14H19ClO8. The van der Waals surface area contributed by atoms with E-state index in [9.17, 15) is 9.59 Å². The summed E-state index contributed by atoms with van der Waals surface area (Å²) in [6.45, 7) is 5.99. The lowest BCUT2D eigenvalue weighted by Gasteiger charge is -2.57. The van der Waals surface area contributed by atoms with Crippen LogP contribution in [-0.4, -0.2) is 54.2 Å². The average molecular weight is 351 g/mol. The van der Waals surface area contributed by atoms with Crippen LogP contribution in [0.25, 0.3) is 0 Å². The standard InChI is InChI=1S/C14H19ClO8/c1-10-7(8(16)18-5)11(2)22-13(4,21-10)14(23-11,9(17)19-6)12(3,15)20-10/h7H,1-6H3/t7-,10-,11-,12-,13+,14+/m1/s1. The second-order valence-electron chi connectivity index (χ2n) is 6.43. The fourth-order valence-corrected chi connectivity index (χ4v) is 4.58. The predicted octanol–water partition coefficient (Wildman–Crippen LogP) is 0.898. The minimum Gasteiger partial charge on any atom is -0.468 e. The van der Waals surface area contributed by atoms with Crippen LogP contribution in [0.4, 0.5) is 0 Å². The van der Waals surface area contributed by atoms with E-state index < -0.39 is 45.9 Å². The van der Waals surface area contributed by atoms with Gasteiger partial charge in [-0.05, 0) is 27.7 Å². The number of carbonyl (C=O) groups is 2. The number of ether oxygens (including phenoxy) is 6. The van der Waals surface area contributed by atoms with Gasteiger partial charge in [0.2, 0.25) is 5.79 Å². The van der Waals surface area contributed by atoms with Crippen molar-refractivity contribution in [2.75, 3.05) is 14.2 Å². The Kier molecular flexibility index (Phi) is 3.21. The monoisotopic (exact) mass is 350 g/mol. The molecule has 6 atom stereocenters. The Hall–Kier alpha value is -0.930. The van der Waals surface area contributed by atoms with Gasteiger partial charge in [-0.3, -0.25) is 4.79 Å². The summed E-state index contributed by atoms with van der Waals surface area (Å²) in [5, 5.41) is -1.71. The molecule has 0 aromatic rings. The molecule has 3 rings (SSSR count). The lowest BCUT2D eigenvalue weighted by atomic mass is 9.83. The molecule has 0 unspecified atom stereocenters. The van der Waals surface area contributed by atoms with Gasteiger partial charge in [0.25, 0.3) is 5.60 Å². The van der Waals surface area contributed by atoms with Crippen LogP contribution in [0, 0.1) is 5.92 Å². The molecule has 0 spiro atoms. The third-order valence-electron chi connectivity index (χ3n) is 4.77. The number of halogens is 1. The largest absolute Gasteiger partial charge is 0.468 e. The molecule has 0 radical (unpaired) electrons. The van der Waals surface area contributed by atoms with Gasteiger partial charge in [0.05, 0.1) is 14.2 Å². The third-order valence-corrected chi connectivity index (χ3v) is 5.12. The Bertz CT molecular complexity index is 589. The number of hydrogen-bond donors (Lipinski definition) is 0. The Labute approximate surface area is 138 Å². The van der Waals surface area contributed by atoms with Gasteiger partial charge in [-0.2, -0.15) is 0 Å². The average Bonchev–Trinajstić information content (AvgIpc) is 2.58. The van der Waals surface area contributed by atoms with Crippen LogP contribution < -0.4 is 0 Å². The molecule has 0 saturated carbocycles. The zero-order valence-corrected chi connectivity index (χ0v) is 14.5. The fourth-order valence-electron chi connectivity index (χ4n) is 4.14. The van der Waals surface area contributed by atoms with Gasteiger partial charge in [-0.15, -0.1) is 0 Å². The van der Waals surface area contributed by atoms with Crippen molar-refractivity contribution in [2.45, 2.75) is 55.7 Å². The zero-order valence-electron chi connectivity index (χ0n) is 13.7. The Morgan fingerprint density at radius 3 is 1.91 bits per heavy atom. The summed E-state index contributed by atoms with van der Waals surface area (Å²) in [6, 6.07) is 0. The summed E-state index contributed by atoms with van der Waals surface area (Å²) in [4.78, 5) is 24.9. The molecule has 8 nitrogen and oxygen atoms in total. The van der Waals surface area contributed by atoms with Crippen molar-refractivity contribution in [3.8, 4) is 0 Å². The molecule has 3 heterocycles. The van der Waals surface area contributed by atoms with Crippen molar-refractivity contribution in [3.63, 3.8) is 0 Å². The third kappa shape index (κ3) is 1.70. The molecule has 23 heavy (non-hydrogen) atoms. The van der Waals surface area contributed by atoms with E-state index >= 15 is 0 Å². The highest BCUT2D eigenvalue weighted by atomic mass is 35.5. The first-order valence-electron chi connectivity index (χ1n) is 7.07. The molecule has 3 saturated heterocycles. The van der Waals surface area contributed by atoms with E-state index in [4.69, 9.17) is 40.0 Å². The summed E-state index contributed by atoms with van der Waals surface area (Å²) in [6.07, 6.45) is 0. The molecule has 3 fully saturated rings. The van der Waals surface area contributed by atoms with Crippen molar-refractivity contribution in [2.24, 2.45) is 5.92 Å². The number of esters is 2. The maximum Gasteiger partial charge on any atom is 0.348 e. The van der Waals surface area contributed by atoms with E-state index in [2.05, 4.69) is 0 Å². The van der Waals surface area contributed by atoms with Gasteiger partial charge in [0.15, 0.2) is 22.6 Å². The molecule has 3 aliphatic heterocycles. The molecule has 0 aromatic carbocycles. The molecule has 0 aliphatic carbocycles. The summed E-state index contributed by atoms with van der Waals surface area (Å²) in [5.41, 5.74) is -1.92. The number of carbonyl (C=O) groups excluding carboxylic acids is 2. The minimum atomic E-state index is -1.92. The van der Waals surface area contributed by atoms with E-state index in [1.165, 1.54) is 41.9 Å². The fraction of sp³-hybridized carbons (Fsp3) is 0.857. The van der Waals surface area contributed by atoms with E-state index in [-0.39, 0.29) is 0 Å². The van der Waals surface area contributed by atoms with E-state index in [0.717, 1.165) is 0 Å². The molecule has 0 aromatic heterocycles. The predicted molar refractivity (Wildman–Crippen MR) is 74.1 cm³/mol. The van der Waals surface area contributed by atoms with Crippen LogP contribution in [0.1, 0.15) is 27.7 Å². The van der Waals surface area contributed by atoms with E-state index in [0.29, 0.717) is 0 Å². The summed E-state index contributed by atoms with van der Waals surface area (Å²) >= 11 is 6.52. The Morgan fingerprint density at radius 2 is 1.43 bits per heavy atom. The van der Waals surface area contributed by atoms with Gasteiger partial charge in [-0.1, -0.05) is 11.6 Å². The van der Waals surface area contributed by atoms with E-state index in [1.807, 2.05) is 0 Å². The van der Waals surface area contributed by atoms with Gasteiger partial charge >= 0.3 is 11.9 Å². The zero-order chi connectivity index (χ0) is 17.5. The molecule has 9 heteroatoms. The normalized spacial score (nSPS) is 54.0. The van der Waals surface area contributed by atoms with Crippen LogP contribution >= 0.6 is 11.6 Å². The lowest BCUT2D eigenvalue weighted by molar-refractivity contribution is -0.466. The number of alkyl halides is 1. The molecule has 130 valence electrons. The highest BCUT2D eigenvalue weighted by Gasteiger charge is 2.88. The van der Waals surface area contributed by atoms with Gasteiger partial charge in [-0.25, -0.2) is 4.79 Å². The first-order valence-corrected chi connectivity index (χ1v) is 7.45. The smallest absolute Gasteiger partial charge is 0.348 e. The van der Waals surface area contributed by atoms with Crippen LogP contribution in [0.3, 0.4) is 0 Å². The minimum absolute atomic E-state index is 0.674. The van der Waals surface area contributed by atoms with Crippen molar-refractivity contribution < 1.29 is 38.0 Å². The Morgan fingerprint density at radius 1 is 0.913 bits per heavy atom. The molecule has 0 N–H and O–H groups in total. The van der Waals surface area contributed by atoms with Crippen LogP contribution in [0.2, 0.25) is 0 Å². The second-order valence-corrected chi connectivity index (χ2v) is 7.15. The topological polar surface area (TPSA) is 89.5 Å².